The quantitative estimate of drug-likeness (QED) is 0.579. The molecule has 2 atom stereocenters. The van der Waals surface area contributed by atoms with Crippen LogP contribution in [0.5, 0.6) is 5.88 Å². The SMILES string of the molecule is CCOC1=NC2C(=C(N)N1)N=C(C1=CN=CC(F)C1)N2Cc1ccc(OC2CCNCC2)nc1. The summed E-state index contributed by atoms with van der Waals surface area (Å²) in [5.74, 6) is 1.57. The Labute approximate surface area is 197 Å². The van der Waals surface area contributed by atoms with Crippen LogP contribution in [-0.4, -0.2) is 66.1 Å². The summed E-state index contributed by atoms with van der Waals surface area (Å²) in [6, 6.07) is 4.19. The van der Waals surface area contributed by atoms with Gasteiger partial charge in [0.2, 0.25) is 5.88 Å². The zero-order chi connectivity index (χ0) is 23.5. The lowest BCUT2D eigenvalue weighted by molar-refractivity contribution is 0.156. The highest BCUT2D eigenvalue weighted by Crippen LogP contribution is 2.32. The van der Waals surface area contributed by atoms with Crippen molar-refractivity contribution in [1.82, 2.24) is 20.5 Å². The summed E-state index contributed by atoms with van der Waals surface area (Å²) < 4.78 is 25.7. The second-order valence-corrected chi connectivity index (χ2v) is 8.47. The molecule has 1 fully saturated rings. The molecule has 4 aliphatic heterocycles. The predicted molar refractivity (Wildman–Crippen MR) is 127 cm³/mol. The molecule has 0 aromatic carbocycles. The van der Waals surface area contributed by atoms with Crippen LogP contribution in [0.2, 0.25) is 0 Å². The van der Waals surface area contributed by atoms with Gasteiger partial charge in [0.1, 0.15) is 29.6 Å². The van der Waals surface area contributed by atoms with Crippen LogP contribution in [0.25, 0.3) is 0 Å². The maximum Gasteiger partial charge on any atom is 0.292 e. The molecule has 11 heteroatoms. The van der Waals surface area contributed by atoms with Crippen molar-refractivity contribution in [1.29, 1.82) is 0 Å². The Kier molecular flexibility index (Phi) is 6.43. The Bertz CT molecular complexity index is 1060. The third-order valence-electron chi connectivity index (χ3n) is 5.98. The van der Waals surface area contributed by atoms with Gasteiger partial charge in [-0.05, 0) is 38.4 Å². The van der Waals surface area contributed by atoms with E-state index in [-0.39, 0.29) is 12.5 Å². The number of fused-ring (bicyclic) bond motifs is 1. The van der Waals surface area contributed by atoms with E-state index < -0.39 is 12.3 Å². The number of halogens is 1. The number of aromatic nitrogens is 1. The molecular weight excluding hydrogens is 439 g/mol. The molecule has 5 heterocycles. The van der Waals surface area contributed by atoms with Gasteiger partial charge in [0.25, 0.3) is 6.02 Å². The van der Waals surface area contributed by atoms with Crippen LogP contribution in [0, 0.1) is 0 Å². The van der Waals surface area contributed by atoms with E-state index in [4.69, 9.17) is 20.2 Å². The number of aliphatic imine (C=N–C) groups is 3. The maximum atomic E-state index is 14.1. The third kappa shape index (κ3) is 4.74. The number of pyridine rings is 1. The number of hydrogen-bond acceptors (Lipinski definition) is 10. The first-order valence-corrected chi connectivity index (χ1v) is 11.6. The Morgan fingerprint density at radius 2 is 2.12 bits per heavy atom. The smallest absolute Gasteiger partial charge is 0.292 e. The molecule has 2 unspecified atom stereocenters. The van der Waals surface area contributed by atoms with Crippen molar-refractivity contribution in [2.45, 2.75) is 51.2 Å². The molecule has 0 bridgehead atoms. The van der Waals surface area contributed by atoms with Crippen LogP contribution >= 0.6 is 0 Å². The Morgan fingerprint density at radius 3 is 2.85 bits per heavy atom. The molecule has 4 aliphatic rings. The fourth-order valence-electron chi connectivity index (χ4n) is 4.33. The number of alkyl halides is 1. The highest BCUT2D eigenvalue weighted by atomic mass is 19.1. The molecule has 4 N–H and O–H groups in total. The fraction of sp³-hybridized carbons (Fsp3) is 0.478. The fourth-order valence-corrected chi connectivity index (χ4v) is 4.33. The molecular formula is C23H29FN8O2. The number of rotatable bonds is 6. The van der Waals surface area contributed by atoms with Crippen LogP contribution in [0.1, 0.15) is 31.7 Å². The Hall–Kier alpha value is -3.47. The number of nitrogens with zero attached hydrogens (tertiary/aromatic N) is 5. The van der Waals surface area contributed by atoms with E-state index in [1.165, 1.54) is 6.21 Å². The van der Waals surface area contributed by atoms with E-state index in [0.29, 0.717) is 48.0 Å². The minimum atomic E-state index is -1.16. The molecule has 5 rings (SSSR count). The summed E-state index contributed by atoms with van der Waals surface area (Å²) in [6.07, 6.45) is 5.38. The number of amidine groups is 2. The zero-order valence-corrected chi connectivity index (χ0v) is 19.1. The van der Waals surface area contributed by atoms with Crippen molar-refractivity contribution in [2.75, 3.05) is 19.7 Å². The van der Waals surface area contributed by atoms with E-state index in [0.717, 1.165) is 31.5 Å². The second kappa shape index (κ2) is 9.80. The highest BCUT2D eigenvalue weighted by Gasteiger charge is 2.39. The molecule has 0 saturated carbocycles. The summed E-state index contributed by atoms with van der Waals surface area (Å²) in [5.41, 5.74) is 8.44. The zero-order valence-electron chi connectivity index (χ0n) is 19.1. The van der Waals surface area contributed by atoms with Crippen LogP contribution in [-0.2, 0) is 11.3 Å². The average Bonchev–Trinajstić information content (AvgIpc) is 3.20. The lowest BCUT2D eigenvalue weighted by atomic mass is 10.1. The molecule has 0 spiro atoms. The number of piperidine rings is 1. The molecule has 0 aliphatic carbocycles. The average molecular weight is 469 g/mol. The van der Waals surface area contributed by atoms with Crippen LogP contribution < -0.4 is 21.1 Å². The van der Waals surface area contributed by atoms with Gasteiger partial charge in [0.05, 0.1) is 6.61 Å². The van der Waals surface area contributed by atoms with Gasteiger partial charge in [-0.1, -0.05) is 6.07 Å². The number of nitrogens with two attached hydrogens (primary N) is 1. The Balaban J connectivity index is 1.39. The monoisotopic (exact) mass is 468 g/mol. The number of nitrogens with one attached hydrogen (secondary N) is 2. The van der Waals surface area contributed by atoms with Gasteiger partial charge >= 0.3 is 0 Å². The van der Waals surface area contributed by atoms with Gasteiger partial charge in [-0.15, -0.1) is 0 Å². The van der Waals surface area contributed by atoms with Gasteiger partial charge in [0.15, 0.2) is 6.17 Å². The number of ether oxygens (including phenoxy) is 2. The van der Waals surface area contributed by atoms with Crippen molar-refractivity contribution >= 4 is 18.1 Å². The second-order valence-electron chi connectivity index (χ2n) is 8.47. The highest BCUT2D eigenvalue weighted by molar-refractivity contribution is 6.02. The van der Waals surface area contributed by atoms with Crippen molar-refractivity contribution in [3.8, 4) is 5.88 Å². The predicted octanol–water partition coefficient (Wildman–Crippen LogP) is 1.57. The molecule has 1 aromatic rings. The van der Waals surface area contributed by atoms with Crippen molar-refractivity contribution in [3.05, 3.63) is 47.2 Å². The van der Waals surface area contributed by atoms with Gasteiger partial charge < -0.3 is 25.4 Å². The lowest BCUT2D eigenvalue weighted by Crippen LogP contribution is -2.43. The summed E-state index contributed by atoms with van der Waals surface area (Å²) in [6.45, 7) is 4.68. The maximum absolute atomic E-state index is 14.1. The molecule has 180 valence electrons. The summed E-state index contributed by atoms with van der Waals surface area (Å²) in [4.78, 5) is 19.9. The number of hydrogen-bond donors (Lipinski definition) is 3. The first kappa shape index (κ1) is 22.3. The van der Waals surface area contributed by atoms with Gasteiger partial charge in [-0.2, -0.15) is 0 Å². The first-order valence-electron chi connectivity index (χ1n) is 11.6. The van der Waals surface area contributed by atoms with Crippen LogP contribution in [0.3, 0.4) is 0 Å². The van der Waals surface area contributed by atoms with E-state index in [9.17, 15) is 4.39 Å². The standard InChI is InChI=1S/C23H29FN8O2/c1-2-33-23-30-20(25)19-22(31-23)32(21(29-19)15-9-16(24)12-27-11-15)13-14-3-4-18(28-10-14)34-17-5-7-26-8-6-17/h3-4,10-12,16-17,22,26H,2,5-9,13,25H2,1H3,(H,30,31). The minimum absolute atomic E-state index is 0.182. The summed E-state index contributed by atoms with van der Waals surface area (Å²) in [5, 5.41) is 6.28. The van der Waals surface area contributed by atoms with Crippen molar-refractivity contribution < 1.29 is 13.9 Å². The minimum Gasteiger partial charge on any atom is -0.474 e. The van der Waals surface area contributed by atoms with Gasteiger partial charge in [-0.25, -0.2) is 19.4 Å². The normalized spacial score (nSPS) is 24.8. The topological polar surface area (TPSA) is 122 Å². The molecule has 10 nitrogen and oxygen atoms in total. The van der Waals surface area contributed by atoms with Crippen LogP contribution in [0.4, 0.5) is 4.39 Å². The Morgan fingerprint density at radius 1 is 1.26 bits per heavy atom. The third-order valence-corrected chi connectivity index (χ3v) is 5.98. The first-order chi connectivity index (χ1) is 16.6. The molecule has 0 amide bonds. The van der Waals surface area contributed by atoms with E-state index in [1.807, 2.05) is 24.0 Å². The van der Waals surface area contributed by atoms with E-state index >= 15 is 0 Å². The summed E-state index contributed by atoms with van der Waals surface area (Å²) in [7, 11) is 0. The van der Waals surface area contributed by atoms with Crippen LogP contribution in [0.15, 0.2) is 56.6 Å². The largest absolute Gasteiger partial charge is 0.474 e. The molecule has 1 saturated heterocycles. The van der Waals surface area contributed by atoms with Crippen molar-refractivity contribution in [3.63, 3.8) is 0 Å². The van der Waals surface area contributed by atoms with E-state index in [2.05, 4.69) is 25.6 Å². The van der Waals surface area contributed by atoms with E-state index in [1.54, 1.807) is 12.4 Å². The lowest BCUT2D eigenvalue weighted by Gasteiger charge is -2.29. The van der Waals surface area contributed by atoms with Gasteiger partial charge in [-0.3, -0.25) is 10.3 Å². The molecule has 1 aromatic heterocycles. The van der Waals surface area contributed by atoms with Gasteiger partial charge in [0, 0.05) is 43.2 Å². The summed E-state index contributed by atoms with van der Waals surface area (Å²) >= 11 is 0. The van der Waals surface area contributed by atoms with Crippen molar-refractivity contribution in [2.24, 2.45) is 20.7 Å². The molecule has 34 heavy (non-hydrogen) atoms. The molecule has 0 radical (unpaired) electrons.